The molecule has 0 amide bonds. The Kier molecular flexibility index (Phi) is 6.67. The fourth-order valence-corrected chi connectivity index (χ4v) is 3.52. The van der Waals surface area contributed by atoms with Crippen LogP contribution in [-0.2, 0) is 19.1 Å². The fraction of sp³-hybridized carbons (Fsp3) is 0.389. The molecule has 1 aliphatic rings. The Hall–Kier alpha value is -2.05. The third-order valence-corrected chi connectivity index (χ3v) is 4.53. The summed E-state index contributed by atoms with van der Waals surface area (Å²) in [6.07, 6.45) is 2.84. The SMILES string of the molecule is CCOC(=O)C1=C(C)NC(C)=C(C(=O)OCC)C1c1c(Cl)cncc1Cl. The van der Waals surface area contributed by atoms with Crippen molar-refractivity contribution in [2.24, 2.45) is 0 Å². The normalized spacial score (nSPS) is 15.0. The molecular weight excluding hydrogens is 379 g/mol. The van der Waals surface area contributed by atoms with E-state index >= 15 is 0 Å². The maximum absolute atomic E-state index is 12.7. The molecule has 2 rings (SSSR count). The lowest BCUT2D eigenvalue weighted by Gasteiger charge is -2.31. The molecule has 1 N–H and O–H groups in total. The summed E-state index contributed by atoms with van der Waals surface area (Å²) in [5, 5.41) is 3.54. The topological polar surface area (TPSA) is 77.5 Å². The Morgan fingerprint density at radius 2 is 1.42 bits per heavy atom. The number of rotatable bonds is 5. The molecule has 26 heavy (non-hydrogen) atoms. The highest BCUT2D eigenvalue weighted by Gasteiger charge is 2.40. The van der Waals surface area contributed by atoms with E-state index in [4.69, 9.17) is 32.7 Å². The fourth-order valence-electron chi connectivity index (χ4n) is 2.94. The first-order valence-corrected chi connectivity index (χ1v) is 8.90. The van der Waals surface area contributed by atoms with Crippen molar-refractivity contribution in [3.8, 4) is 0 Å². The van der Waals surface area contributed by atoms with Crippen molar-refractivity contribution in [1.82, 2.24) is 10.3 Å². The number of carbonyl (C=O) groups is 2. The number of dihydropyridines is 1. The minimum atomic E-state index is -0.822. The third-order valence-electron chi connectivity index (χ3n) is 3.93. The molecule has 0 atom stereocenters. The average Bonchev–Trinajstić information content (AvgIpc) is 2.54. The second kappa shape index (κ2) is 8.56. The highest BCUT2D eigenvalue weighted by Crippen LogP contribution is 2.44. The number of pyridine rings is 1. The number of halogens is 2. The maximum atomic E-state index is 12.7. The summed E-state index contributed by atoms with van der Waals surface area (Å²) in [5.41, 5.74) is 2.05. The molecule has 6 nitrogen and oxygen atoms in total. The van der Waals surface area contributed by atoms with Crippen molar-refractivity contribution in [2.45, 2.75) is 33.6 Å². The second-order valence-electron chi connectivity index (χ2n) is 5.59. The van der Waals surface area contributed by atoms with Gasteiger partial charge >= 0.3 is 11.9 Å². The molecule has 0 spiro atoms. The second-order valence-corrected chi connectivity index (χ2v) is 6.41. The molecule has 1 aromatic heterocycles. The standard InChI is InChI=1S/C18H20Cl2N2O4/c1-5-25-17(23)13-9(3)22-10(4)14(18(24)26-6-2)16(13)15-11(19)7-21-8-12(15)20/h7-8,16,22H,5-6H2,1-4H3. The monoisotopic (exact) mass is 398 g/mol. The number of nitrogens with zero attached hydrogens (tertiary/aromatic N) is 1. The van der Waals surface area contributed by atoms with E-state index in [-0.39, 0.29) is 34.4 Å². The molecule has 8 heteroatoms. The number of esters is 2. The summed E-state index contributed by atoms with van der Waals surface area (Å²) >= 11 is 12.7. The van der Waals surface area contributed by atoms with Crippen LogP contribution in [0.1, 0.15) is 39.2 Å². The van der Waals surface area contributed by atoms with Gasteiger partial charge < -0.3 is 14.8 Å². The van der Waals surface area contributed by atoms with E-state index in [0.29, 0.717) is 17.0 Å². The van der Waals surface area contributed by atoms with Gasteiger partial charge in [-0.3, -0.25) is 4.98 Å². The van der Waals surface area contributed by atoms with Crippen LogP contribution in [0.5, 0.6) is 0 Å². The molecule has 140 valence electrons. The van der Waals surface area contributed by atoms with Crippen molar-refractivity contribution in [3.63, 3.8) is 0 Å². The molecule has 0 aliphatic carbocycles. The number of ether oxygens (including phenoxy) is 2. The summed E-state index contributed by atoms with van der Waals surface area (Å²) in [4.78, 5) is 29.2. The van der Waals surface area contributed by atoms with Crippen LogP contribution in [0.25, 0.3) is 0 Å². The average molecular weight is 399 g/mol. The minimum Gasteiger partial charge on any atom is -0.463 e. The van der Waals surface area contributed by atoms with Crippen LogP contribution in [0.4, 0.5) is 0 Å². The Bertz CT molecular complexity index is 742. The summed E-state index contributed by atoms with van der Waals surface area (Å²) in [6.45, 7) is 7.26. The molecule has 2 heterocycles. The summed E-state index contributed by atoms with van der Waals surface area (Å²) < 4.78 is 10.4. The molecular formula is C18H20Cl2N2O4. The number of aromatic nitrogens is 1. The maximum Gasteiger partial charge on any atom is 0.336 e. The molecule has 1 aromatic rings. The smallest absolute Gasteiger partial charge is 0.336 e. The van der Waals surface area contributed by atoms with Crippen LogP contribution in [0, 0.1) is 0 Å². The van der Waals surface area contributed by atoms with Crippen LogP contribution in [-0.4, -0.2) is 30.1 Å². The zero-order chi connectivity index (χ0) is 19.4. The van der Waals surface area contributed by atoms with Gasteiger partial charge in [-0.15, -0.1) is 0 Å². The Morgan fingerprint density at radius 1 is 1.00 bits per heavy atom. The Morgan fingerprint density at radius 3 is 1.81 bits per heavy atom. The first-order valence-electron chi connectivity index (χ1n) is 8.15. The first kappa shape index (κ1) is 20.3. The number of nitrogens with one attached hydrogen (secondary N) is 1. The molecule has 0 bridgehead atoms. The number of allylic oxidation sites excluding steroid dienone is 2. The molecule has 0 unspecified atom stereocenters. The molecule has 1 aliphatic heterocycles. The first-order chi connectivity index (χ1) is 12.3. The minimum absolute atomic E-state index is 0.192. The van der Waals surface area contributed by atoms with Crippen molar-refractivity contribution < 1.29 is 19.1 Å². The number of hydrogen-bond acceptors (Lipinski definition) is 6. The lowest BCUT2D eigenvalue weighted by molar-refractivity contribution is -0.139. The predicted octanol–water partition coefficient (Wildman–Crippen LogP) is 3.75. The van der Waals surface area contributed by atoms with Gasteiger partial charge in [0.2, 0.25) is 0 Å². The highest BCUT2D eigenvalue weighted by atomic mass is 35.5. The lowest BCUT2D eigenvalue weighted by Crippen LogP contribution is -2.32. The largest absolute Gasteiger partial charge is 0.463 e. The van der Waals surface area contributed by atoms with E-state index in [9.17, 15) is 9.59 Å². The van der Waals surface area contributed by atoms with Crippen LogP contribution in [0.3, 0.4) is 0 Å². The lowest BCUT2D eigenvalue weighted by atomic mass is 9.80. The molecule has 0 saturated carbocycles. The van der Waals surface area contributed by atoms with Crippen LogP contribution >= 0.6 is 23.2 Å². The van der Waals surface area contributed by atoms with Gasteiger partial charge in [-0.1, -0.05) is 23.2 Å². The third kappa shape index (κ3) is 3.86. The zero-order valence-electron chi connectivity index (χ0n) is 15.0. The van der Waals surface area contributed by atoms with E-state index in [2.05, 4.69) is 10.3 Å². The van der Waals surface area contributed by atoms with Gasteiger partial charge in [-0.2, -0.15) is 0 Å². The van der Waals surface area contributed by atoms with Crippen LogP contribution < -0.4 is 5.32 Å². The summed E-state index contributed by atoms with van der Waals surface area (Å²) in [5.74, 6) is -1.93. The molecule has 0 fully saturated rings. The zero-order valence-corrected chi connectivity index (χ0v) is 16.5. The highest BCUT2D eigenvalue weighted by molar-refractivity contribution is 6.36. The predicted molar refractivity (Wildman–Crippen MR) is 98.8 cm³/mol. The van der Waals surface area contributed by atoms with E-state index in [0.717, 1.165) is 0 Å². The quantitative estimate of drug-likeness (QED) is 0.760. The molecule has 0 saturated heterocycles. The molecule has 0 radical (unpaired) electrons. The van der Waals surface area contributed by atoms with Gasteiger partial charge in [0.05, 0.1) is 40.3 Å². The van der Waals surface area contributed by atoms with Crippen molar-refractivity contribution in [3.05, 3.63) is 50.5 Å². The van der Waals surface area contributed by atoms with Crippen LogP contribution in [0.15, 0.2) is 34.9 Å². The Labute approximate surface area is 162 Å². The Balaban J connectivity index is 2.74. The van der Waals surface area contributed by atoms with Gasteiger partial charge in [-0.05, 0) is 27.7 Å². The van der Waals surface area contributed by atoms with Gasteiger partial charge in [-0.25, -0.2) is 9.59 Å². The number of hydrogen-bond donors (Lipinski definition) is 1. The van der Waals surface area contributed by atoms with Gasteiger partial charge in [0.25, 0.3) is 0 Å². The summed E-state index contributed by atoms with van der Waals surface area (Å²) in [7, 11) is 0. The van der Waals surface area contributed by atoms with E-state index in [1.54, 1.807) is 27.7 Å². The van der Waals surface area contributed by atoms with Gasteiger partial charge in [0, 0.05) is 29.4 Å². The number of carbonyl (C=O) groups excluding carboxylic acids is 2. The van der Waals surface area contributed by atoms with E-state index in [1.165, 1.54) is 12.4 Å². The summed E-state index contributed by atoms with van der Waals surface area (Å²) in [6, 6.07) is 0. The molecule has 0 aromatic carbocycles. The van der Waals surface area contributed by atoms with Gasteiger partial charge in [0.15, 0.2) is 0 Å². The van der Waals surface area contributed by atoms with Crippen molar-refractivity contribution >= 4 is 35.1 Å². The van der Waals surface area contributed by atoms with E-state index < -0.39 is 17.9 Å². The van der Waals surface area contributed by atoms with Gasteiger partial charge in [0.1, 0.15) is 0 Å². The van der Waals surface area contributed by atoms with Crippen molar-refractivity contribution in [1.29, 1.82) is 0 Å². The van der Waals surface area contributed by atoms with Crippen LogP contribution in [0.2, 0.25) is 10.0 Å². The van der Waals surface area contributed by atoms with Crippen molar-refractivity contribution in [2.75, 3.05) is 13.2 Å². The van der Waals surface area contributed by atoms with E-state index in [1.807, 2.05) is 0 Å².